The Morgan fingerprint density at radius 2 is 1.50 bits per heavy atom. The van der Waals surface area contributed by atoms with Gasteiger partial charge in [-0.15, -0.1) is 0 Å². The largest absolute Gasteiger partial charge is 0.445 e. The zero-order valence-corrected chi connectivity index (χ0v) is 21.2. The van der Waals surface area contributed by atoms with E-state index in [1.54, 1.807) is 32.9 Å². The van der Waals surface area contributed by atoms with Gasteiger partial charge in [-0.1, -0.05) is 30.3 Å². The molecule has 1 rings (SSSR count). The lowest BCUT2D eigenvalue weighted by atomic mass is 10.1. The number of carbonyl (C=O) groups excluding carboxylic acids is 4. The molecular formula is C24H38N4O8. The van der Waals surface area contributed by atoms with Gasteiger partial charge in [-0.3, -0.25) is 9.59 Å². The highest BCUT2D eigenvalue weighted by Crippen LogP contribution is 2.06. The smallest absolute Gasteiger partial charge is 0.408 e. The fraction of sp³-hybridized carbons (Fsp3) is 0.583. The Bertz CT molecular complexity index is 814. The Labute approximate surface area is 211 Å². The lowest BCUT2D eigenvalue weighted by molar-refractivity contribution is -0.123. The first-order chi connectivity index (χ1) is 17.1. The van der Waals surface area contributed by atoms with Gasteiger partial charge in [0.25, 0.3) is 0 Å². The summed E-state index contributed by atoms with van der Waals surface area (Å²) in [7, 11) is 0. The average molecular weight is 511 g/mol. The molecule has 0 saturated heterocycles. The number of hydrogen-bond acceptors (Lipinski definition) is 8. The zero-order chi connectivity index (χ0) is 26.8. The normalized spacial score (nSPS) is 11.8. The Morgan fingerprint density at radius 1 is 0.889 bits per heavy atom. The van der Waals surface area contributed by atoms with Crippen molar-refractivity contribution in [2.45, 2.75) is 51.9 Å². The highest BCUT2D eigenvalue weighted by molar-refractivity contribution is 5.86. The van der Waals surface area contributed by atoms with Crippen LogP contribution in [-0.2, 0) is 35.1 Å². The van der Waals surface area contributed by atoms with Crippen LogP contribution in [0.1, 0.15) is 39.2 Å². The molecule has 12 nitrogen and oxygen atoms in total. The Hall–Kier alpha value is -3.38. The monoisotopic (exact) mass is 510 g/mol. The second-order valence-electron chi connectivity index (χ2n) is 8.71. The molecule has 0 saturated carbocycles. The fourth-order valence-electron chi connectivity index (χ4n) is 2.69. The van der Waals surface area contributed by atoms with Crippen molar-refractivity contribution in [2.75, 3.05) is 39.5 Å². The maximum Gasteiger partial charge on any atom is 0.408 e. The van der Waals surface area contributed by atoms with Gasteiger partial charge in [0.2, 0.25) is 11.8 Å². The van der Waals surface area contributed by atoms with Crippen molar-refractivity contribution in [2.24, 2.45) is 5.73 Å². The summed E-state index contributed by atoms with van der Waals surface area (Å²) in [4.78, 5) is 47.2. The fourth-order valence-corrected chi connectivity index (χ4v) is 2.69. The van der Waals surface area contributed by atoms with Gasteiger partial charge < -0.3 is 40.6 Å². The molecule has 0 radical (unpaired) electrons. The van der Waals surface area contributed by atoms with E-state index in [0.717, 1.165) is 5.56 Å². The van der Waals surface area contributed by atoms with E-state index in [2.05, 4.69) is 16.0 Å². The van der Waals surface area contributed by atoms with Gasteiger partial charge in [-0.2, -0.15) is 0 Å². The molecule has 0 aromatic heterocycles. The summed E-state index contributed by atoms with van der Waals surface area (Å²) in [6.45, 7) is 6.98. The number of rotatable bonds is 16. The molecule has 1 aromatic carbocycles. The maximum absolute atomic E-state index is 12.5. The molecule has 1 aromatic rings. The molecule has 5 N–H and O–H groups in total. The summed E-state index contributed by atoms with van der Waals surface area (Å²) >= 11 is 0. The number of primary amides is 1. The van der Waals surface area contributed by atoms with E-state index in [9.17, 15) is 19.2 Å². The molecule has 0 bridgehead atoms. The second-order valence-corrected chi connectivity index (χ2v) is 8.71. The zero-order valence-electron chi connectivity index (χ0n) is 21.2. The standard InChI is InChI=1S/C24H38N4O8/c1-24(2,3)36-22(31)27-12-14-34-16-15-33-13-11-26-21(30)19(9-10-20(25)29)28-23(32)35-17-18-7-5-4-6-8-18/h4-8,19H,9-17H2,1-3H3,(H2,25,29)(H,26,30)(H,27,31)(H,28,32). The summed E-state index contributed by atoms with van der Waals surface area (Å²) in [6.07, 6.45) is -1.33. The summed E-state index contributed by atoms with van der Waals surface area (Å²) in [5, 5.41) is 7.68. The maximum atomic E-state index is 12.5. The van der Waals surface area contributed by atoms with Crippen molar-refractivity contribution in [3.63, 3.8) is 0 Å². The van der Waals surface area contributed by atoms with Crippen LogP contribution in [-0.4, -0.2) is 75.2 Å². The van der Waals surface area contributed by atoms with Crippen molar-refractivity contribution >= 4 is 24.0 Å². The first-order valence-corrected chi connectivity index (χ1v) is 11.7. The minimum atomic E-state index is -0.985. The SMILES string of the molecule is CC(C)(C)OC(=O)NCCOCCOCCNC(=O)C(CCC(N)=O)NC(=O)OCc1ccccc1. The number of alkyl carbamates (subject to hydrolysis) is 2. The van der Waals surface area contributed by atoms with E-state index in [0.29, 0.717) is 19.8 Å². The van der Waals surface area contributed by atoms with Crippen LogP contribution in [0.25, 0.3) is 0 Å². The quantitative estimate of drug-likeness (QED) is 0.241. The predicted octanol–water partition coefficient (Wildman–Crippen LogP) is 1.22. The number of nitrogens with one attached hydrogen (secondary N) is 3. The lowest BCUT2D eigenvalue weighted by Gasteiger charge is -2.19. The summed E-state index contributed by atoms with van der Waals surface area (Å²) in [6, 6.07) is 8.10. The topological polar surface area (TPSA) is 167 Å². The minimum absolute atomic E-state index is 0.0353. The summed E-state index contributed by atoms with van der Waals surface area (Å²) in [5.74, 6) is -1.07. The van der Waals surface area contributed by atoms with Crippen molar-refractivity contribution in [1.29, 1.82) is 0 Å². The summed E-state index contributed by atoms with van der Waals surface area (Å²) in [5.41, 5.74) is 5.41. The van der Waals surface area contributed by atoms with Crippen LogP contribution in [0.4, 0.5) is 9.59 Å². The second kappa shape index (κ2) is 17.1. The number of nitrogens with two attached hydrogens (primary N) is 1. The van der Waals surface area contributed by atoms with E-state index in [1.165, 1.54) is 0 Å². The van der Waals surface area contributed by atoms with E-state index < -0.39 is 35.6 Å². The van der Waals surface area contributed by atoms with Crippen LogP contribution in [0.5, 0.6) is 0 Å². The van der Waals surface area contributed by atoms with Crippen LogP contribution in [0.3, 0.4) is 0 Å². The third kappa shape index (κ3) is 16.3. The Morgan fingerprint density at radius 3 is 2.08 bits per heavy atom. The number of carbonyl (C=O) groups is 4. The molecule has 4 amide bonds. The van der Waals surface area contributed by atoms with E-state index in [1.807, 2.05) is 18.2 Å². The minimum Gasteiger partial charge on any atom is -0.445 e. The summed E-state index contributed by atoms with van der Waals surface area (Å²) < 4.78 is 21.0. The Balaban J connectivity index is 2.21. The Kier molecular flexibility index (Phi) is 14.6. The molecular weight excluding hydrogens is 472 g/mol. The van der Waals surface area contributed by atoms with Crippen molar-refractivity contribution in [1.82, 2.24) is 16.0 Å². The van der Waals surface area contributed by atoms with Gasteiger partial charge in [-0.25, -0.2) is 9.59 Å². The van der Waals surface area contributed by atoms with Crippen LogP contribution < -0.4 is 21.7 Å². The predicted molar refractivity (Wildman–Crippen MR) is 131 cm³/mol. The average Bonchev–Trinajstić information content (AvgIpc) is 2.80. The van der Waals surface area contributed by atoms with Crippen molar-refractivity contribution in [3.05, 3.63) is 35.9 Å². The lowest BCUT2D eigenvalue weighted by Crippen LogP contribution is -2.48. The van der Waals surface area contributed by atoms with Gasteiger partial charge in [0.15, 0.2) is 0 Å². The van der Waals surface area contributed by atoms with Crippen LogP contribution in [0.15, 0.2) is 30.3 Å². The molecule has 12 heteroatoms. The highest BCUT2D eigenvalue weighted by atomic mass is 16.6. The molecule has 1 unspecified atom stereocenters. The van der Waals surface area contributed by atoms with E-state index >= 15 is 0 Å². The molecule has 1 atom stereocenters. The molecule has 0 spiro atoms. The first kappa shape index (κ1) is 30.7. The molecule has 202 valence electrons. The van der Waals surface area contributed by atoms with Crippen molar-refractivity contribution in [3.8, 4) is 0 Å². The molecule has 0 aliphatic carbocycles. The molecule has 0 aliphatic rings. The van der Waals surface area contributed by atoms with Gasteiger partial charge in [0.05, 0.1) is 26.4 Å². The van der Waals surface area contributed by atoms with Gasteiger partial charge in [0, 0.05) is 19.5 Å². The van der Waals surface area contributed by atoms with Gasteiger partial charge in [-0.05, 0) is 32.8 Å². The van der Waals surface area contributed by atoms with Gasteiger partial charge in [0.1, 0.15) is 18.2 Å². The molecule has 0 heterocycles. The van der Waals surface area contributed by atoms with Crippen LogP contribution in [0.2, 0.25) is 0 Å². The molecule has 0 fully saturated rings. The molecule has 36 heavy (non-hydrogen) atoms. The third-order valence-electron chi connectivity index (χ3n) is 4.33. The third-order valence-corrected chi connectivity index (χ3v) is 4.33. The van der Waals surface area contributed by atoms with Crippen LogP contribution >= 0.6 is 0 Å². The first-order valence-electron chi connectivity index (χ1n) is 11.7. The number of ether oxygens (including phenoxy) is 4. The number of amides is 4. The number of hydrogen-bond donors (Lipinski definition) is 4. The molecule has 0 aliphatic heterocycles. The van der Waals surface area contributed by atoms with E-state index in [-0.39, 0.29) is 39.2 Å². The highest BCUT2D eigenvalue weighted by Gasteiger charge is 2.22. The van der Waals surface area contributed by atoms with E-state index in [4.69, 9.17) is 24.7 Å². The van der Waals surface area contributed by atoms with Crippen molar-refractivity contribution < 1.29 is 38.1 Å². The van der Waals surface area contributed by atoms with Gasteiger partial charge >= 0.3 is 12.2 Å². The number of benzene rings is 1. The van der Waals surface area contributed by atoms with Crippen LogP contribution in [0, 0.1) is 0 Å².